The van der Waals surface area contributed by atoms with E-state index in [1.54, 1.807) is 0 Å². The van der Waals surface area contributed by atoms with E-state index in [1.165, 1.54) is 24.3 Å². The van der Waals surface area contributed by atoms with Gasteiger partial charge in [0, 0.05) is 17.5 Å². The van der Waals surface area contributed by atoms with Crippen LogP contribution in [0.1, 0.15) is 11.3 Å². The van der Waals surface area contributed by atoms with Crippen LogP contribution in [0.15, 0.2) is 30.3 Å². The van der Waals surface area contributed by atoms with Crippen LogP contribution in [0.25, 0.3) is 23.1 Å². The highest BCUT2D eigenvalue weighted by Crippen LogP contribution is 2.21. The van der Waals surface area contributed by atoms with Crippen molar-refractivity contribution in [1.29, 1.82) is 0 Å². The van der Waals surface area contributed by atoms with Crippen LogP contribution in [0, 0.1) is 23.5 Å². The molecule has 0 saturated carbocycles. The summed E-state index contributed by atoms with van der Waals surface area (Å²) in [6, 6.07) is 7.32. The molecule has 1 amide bonds. The third-order valence-electron chi connectivity index (χ3n) is 3.19. The molecule has 3 rings (SSSR count). The lowest BCUT2D eigenvalue weighted by Crippen LogP contribution is -2.20. The minimum Gasteiger partial charge on any atom is -0.350 e. The largest absolute Gasteiger partial charge is 0.350 e. The lowest BCUT2D eigenvalue weighted by Gasteiger charge is -1.95. The maximum absolute atomic E-state index is 13.3. The molecule has 0 unspecified atom stereocenters. The van der Waals surface area contributed by atoms with Gasteiger partial charge in [0.25, 0.3) is 0 Å². The van der Waals surface area contributed by atoms with Crippen molar-refractivity contribution in [2.45, 2.75) is 0 Å². The number of halogens is 3. The summed E-state index contributed by atoms with van der Waals surface area (Å²) < 4.78 is 40.2. The van der Waals surface area contributed by atoms with E-state index in [9.17, 15) is 18.0 Å². The number of nitrogens with two attached hydrogens (primary N) is 1. The van der Waals surface area contributed by atoms with Gasteiger partial charge in [0.15, 0.2) is 11.6 Å². The number of hydrogen-bond acceptors (Lipinski definition) is 2. The Kier molecular flexibility index (Phi) is 3.61. The van der Waals surface area contributed by atoms with E-state index >= 15 is 0 Å². The minimum absolute atomic E-state index is 0.193. The minimum atomic E-state index is -0.977. The zero-order valence-corrected chi connectivity index (χ0v) is 11.6. The molecule has 0 saturated heterocycles. The van der Waals surface area contributed by atoms with Crippen LogP contribution in [0.3, 0.4) is 0 Å². The molecule has 4 nitrogen and oxygen atoms in total. The van der Waals surface area contributed by atoms with Crippen molar-refractivity contribution >= 4 is 29.1 Å². The molecule has 7 heteroatoms. The molecule has 0 fully saturated rings. The fourth-order valence-corrected chi connectivity index (χ4v) is 2.13. The van der Waals surface area contributed by atoms with Crippen LogP contribution in [-0.4, -0.2) is 15.8 Å². The third-order valence-corrected chi connectivity index (χ3v) is 3.19. The van der Waals surface area contributed by atoms with E-state index < -0.39 is 23.5 Å². The van der Waals surface area contributed by atoms with Gasteiger partial charge < -0.3 is 5.73 Å². The van der Waals surface area contributed by atoms with Gasteiger partial charge in [-0.3, -0.25) is 0 Å². The smallest absolute Gasteiger partial charge is 0.340 e. The van der Waals surface area contributed by atoms with Crippen molar-refractivity contribution < 1.29 is 18.0 Å². The second kappa shape index (κ2) is 5.60. The summed E-state index contributed by atoms with van der Waals surface area (Å²) in [5.41, 5.74) is 6.11. The van der Waals surface area contributed by atoms with Gasteiger partial charge >= 0.3 is 6.03 Å². The van der Waals surface area contributed by atoms with Gasteiger partial charge in [0.2, 0.25) is 0 Å². The van der Waals surface area contributed by atoms with Gasteiger partial charge in [-0.05, 0) is 29.8 Å². The van der Waals surface area contributed by atoms with Crippen molar-refractivity contribution in [2.24, 2.45) is 5.73 Å². The van der Waals surface area contributed by atoms with Gasteiger partial charge in [-0.2, -0.15) is 9.78 Å². The van der Waals surface area contributed by atoms with Gasteiger partial charge in [-0.25, -0.2) is 18.0 Å². The monoisotopic (exact) mass is 316 g/mol. The molecular formula is C16H9F3N3O. The van der Waals surface area contributed by atoms with Crippen LogP contribution in [-0.2, 0) is 0 Å². The van der Waals surface area contributed by atoms with Crippen LogP contribution in [0.4, 0.5) is 18.0 Å². The zero-order valence-electron chi connectivity index (χ0n) is 11.6. The Bertz CT molecular complexity index is 947. The van der Waals surface area contributed by atoms with E-state index in [0.717, 1.165) is 22.9 Å². The number of carbonyl (C=O) groups is 1. The molecule has 23 heavy (non-hydrogen) atoms. The molecule has 0 aliphatic rings. The number of aromatic nitrogens is 2. The predicted molar refractivity (Wildman–Crippen MR) is 78.8 cm³/mol. The van der Waals surface area contributed by atoms with Crippen LogP contribution in [0.2, 0.25) is 0 Å². The van der Waals surface area contributed by atoms with E-state index in [4.69, 9.17) is 5.73 Å². The molecule has 1 radical (unpaired) electrons. The van der Waals surface area contributed by atoms with Gasteiger partial charge in [0.1, 0.15) is 5.82 Å². The molecule has 1 aromatic heterocycles. The second-order valence-corrected chi connectivity index (χ2v) is 4.72. The lowest BCUT2D eigenvalue weighted by molar-refractivity contribution is 0.248. The standard InChI is InChI=1S/C16H9F3N3O/c17-10-3-4-11-14(21-22(16(20)23)15(11)8-10)6-2-9-1-5-12(18)13(19)7-9/h1-2,4-8H,(H2,20,23). The SMILES string of the molecule is NC(=O)n1nc(C=Cc2ccc(F)c(F)c2)c2c[c]c(F)cc21. The topological polar surface area (TPSA) is 60.9 Å². The fraction of sp³-hybridized carbons (Fsp3) is 0. The number of hydrogen-bond donors (Lipinski definition) is 1. The Morgan fingerprint density at radius 1 is 1.17 bits per heavy atom. The molecular weight excluding hydrogens is 307 g/mol. The number of amides is 1. The van der Waals surface area contributed by atoms with Gasteiger partial charge in [-0.1, -0.05) is 12.1 Å². The Labute approximate surface area is 128 Å². The van der Waals surface area contributed by atoms with E-state index in [0.29, 0.717) is 16.6 Å². The number of benzene rings is 2. The van der Waals surface area contributed by atoms with Gasteiger partial charge in [-0.15, -0.1) is 0 Å². The number of fused-ring (bicyclic) bond motifs is 1. The van der Waals surface area contributed by atoms with Crippen LogP contribution < -0.4 is 5.73 Å². The molecule has 2 aromatic carbocycles. The molecule has 0 spiro atoms. The maximum atomic E-state index is 13.3. The number of nitrogens with zero attached hydrogens (tertiary/aromatic N) is 2. The number of rotatable bonds is 2. The highest BCUT2D eigenvalue weighted by molar-refractivity contribution is 5.95. The third kappa shape index (κ3) is 2.80. The number of carbonyl (C=O) groups excluding carboxylic acids is 1. The lowest BCUT2D eigenvalue weighted by atomic mass is 10.1. The first-order valence-electron chi connectivity index (χ1n) is 6.48. The summed E-state index contributed by atoms with van der Waals surface area (Å²) >= 11 is 0. The predicted octanol–water partition coefficient (Wildman–Crippen LogP) is 3.35. The van der Waals surface area contributed by atoms with E-state index in [-0.39, 0.29) is 5.52 Å². The highest BCUT2D eigenvalue weighted by Gasteiger charge is 2.13. The molecule has 0 bridgehead atoms. The quantitative estimate of drug-likeness (QED) is 0.788. The summed E-state index contributed by atoms with van der Waals surface area (Å²) in [6.07, 6.45) is 2.97. The average molecular weight is 316 g/mol. The fourth-order valence-electron chi connectivity index (χ4n) is 2.13. The first kappa shape index (κ1) is 14.8. The van der Waals surface area contributed by atoms with Crippen molar-refractivity contribution in [1.82, 2.24) is 9.78 Å². The molecule has 0 aliphatic heterocycles. The van der Waals surface area contributed by atoms with Crippen LogP contribution in [0.5, 0.6) is 0 Å². The second-order valence-electron chi connectivity index (χ2n) is 4.72. The van der Waals surface area contributed by atoms with Crippen molar-refractivity contribution in [2.75, 3.05) is 0 Å². The summed E-state index contributed by atoms with van der Waals surface area (Å²) in [5.74, 6) is -2.58. The summed E-state index contributed by atoms with van der Waals surface area (Å²) in [5, 5.41) is 4.43. The first-order chi connectivity index (χ1) is 11.0. The molecule has 1 heterocycles. The van der Waals surface area contributed by atoms with E-state index in [1.807, 2.05) is 0 Å². The van der Waals surface area contributed by atoms with Crippen molar-refractivity contribution in [3.8, 4) is 0 Å². The Hall–Kier alpha value is -3.09. The Balaban J connectivity index is 2.07. The van der Waals surface area contributed by atoms with Crippen LogP contribution >= 0.6 is 0 Å². The van der Waals surface area contributed by atoms with Crippen molar-refractivity contribution in [3.63, 3.8) is 0 Å². The summed E-state index contributed by atoms with van der Waals surface area (Å²) in [4.78, 5) is 11.4. The normalized spacial score (nSPS) is 11.4. The van der Waals surface area contributed by atoms with Crippen molar-refractivity contribution in [3.05, 3.63) is 65.1 Å². The highest BCUT2D eigenvalue weighted by atomic mass is 19.2. The maximum Gasteiger partial charge on any atom is 0.340 e. The molecule has 0 aliphatic carbocycles. The summed E-state index contributed by atoms with van der Waals surface area (Å²) in [7, 11) is 0. The Morgan fingerprint density at radius 2 is 1.96 bits per heavy atom. The molecule has 3 aromatic rings. The molecule has 115 valence electrons. The average Bonchev–Trinajstić information content (AvgIpc) is 2.86. The van der Waals surface area contributed by atoms with Gasteiger partial charge in [0.05, 0.1) is 11.2 Å². The molecule has 2 N–H and O–H groups in total. The number of primary amides is 1. The Morgan fingerprint density at radius 3 is 2.65 bits per heavy atom. The summed E-state index contributed by atoms with van der Waals surface area (Å²) in [6.45, 7) is 0. The first-order valence-corrected chi connectivity index (χ1v) is 6.48. The molecule has 0 atom stereocenters. The zero-order chi connectivity index (χ0) is 16.6. The van der Waals surface area contributed by atoms with E-state index in [2.05, 4.69) is 11.2 Å².